The largest absolute Gasteiger partial charge is 0.461 e. The molecule has 262 valence electrons. The first kappa shape index (κ1) is 36.4. The molecule has 2 aromatic heterocycles. The SMILES string of the molecule is C=C1CC[C@@H]2[C@](C)(COC(=O)c3cccnc3)[C@H](OC(=O)c3cccnc3)CC[C@@]2(C)[C@@H]1/C=C/C1=CC(=C\C(C)=C\CCC/C=C/C)/OC1=O. The number of fused-ring (bicyclic) bond motifs is 1. The van der Waals surface area contributed by atoms with Crippen LogP contribution in [-0.2, 0) is 19.0 Å². The molecule has 2 saturated carbocycles. The van der Waals surface area contributed by atoms with Crippen LogP contribution in [0.1, 0.15) is 93.4 Å². The summed E-state index contributed by atoms with van der Waals surface area (Å²) in [6.45, 7) is 12.9. The van der Waals surface area contributed by atoms with Crippen LogP contribution in [0, 0.1) is 22.7 Å². The van der Waals surface area contributed by atoms with Crippen LogP contribution in [0.25, 0.3) is 0 Å². The number of aromatic nitrogens is 2. The number of carbonyl (C=O) groups is 3. The van der Waals surface area contributed by atoms with Crippen molar-refractivity contribution in [1.29, 1.82) is 0 Å². The van der Waals surface area contributed by atoms with Gasteiger partial charge in [0, 0.05) is 36.1 Å². The molecule has 5 rings (SSSR count). The molecule has 2 fully saturated rings. The van der Waals surface area contributed by atoms with Gasteiger partial charge in [-0.2, -0.15) is 0 Å². The minimum absolute atomic E-state index is 0.00198. The van der Waals surface area contributed by atoms with Crippen LogP contribution in [-0.4, -0.2) is 40.6 Å². The average molecular weight is 677 g/mol. The van der Waals surface area contributed by atoms with Crippen LogP contribution in [0.3, 0.4) is 0 Å². The van der Waals surface area contributed by atoms with Crippen LogP contribution >= 0.6 is 0 Å². The molecule has 2 aromatic rings. The molecule has 3 heterocycles. The Balaban J connectivity index is 1.38. The smallest absolute Gasteiger partial charge is 0.343 e. The number of unbranched alkanes of at least 4 members (excludes halogenated alkanes) is 2. The lowest BCUT2D eigenvalue weighted by atomic mass is 9.46. The summed E-state index contributed by atoms with van der Waals surface area (Å²) in [5.41, 5.74) is 2.32. The van der Waals surface area contributed by atoms with E-state index in [9.17, 15) is 14.4 Å². The van der Waals surface area contributed by atoms with Crippen LogP contribution in [0.5, 0.6) is 0 Å². The summed E-state index contributed by atoms with van der Waals surface area (Å²) in [6, 6.07) is 6.74. The summed E-state index contributed by atoms with van der Waals surface area (Å²) >= 11 is 0. The Labute approximate surface area is 295 Å². The Hall–Kier alpha value is -4.85. The molecule has 1 aliphatic heterocycles. The molecule has 0 amide bonds. The first-order valence-corrected chi connectivity index (χ1v) is 17.5. The van der Waals surface area contributed by atoms with Gasteiger partial charge in [-0.05, 0) is 107 Å². The first-order chi connectivity index (χ1) is 24.0. The van der Waals surface area contributed by atoms with E-state index in [2.05, 4.69) is 54.7 Å². The van der Waals surface area contributed by atoms with Gasteiger partial charge in [-0.1, -0.05) is 62.0 Å². The van der Waals surface area contributed by atoms with Crippen LogP contribution < -0.4 is 0 Å². The number of hydrogen-bond acceptors (Lipinski definition) is 8. The third-order valence-corrected chi connectivity index (χ3v) is 10.6. The second-order valence-electron chi connectivity index (χ2n) is 14.1. The topological polar surface area (TPSA) is 105 Å². The minimum Gasteiger partial charge on any atom is -0.461 e. The van der Waals surface area contributed by atoms with Gasteiger partial charge in [-0.15, -0.1) is 0 Å². The van der Waals surface area contributed by atoms with E-state index in [4.69, 9.17) is 14.2 Å². The molecular weight excluding hydrogens is 628 g/mol. The Kier molecular flexibility index (Phi) is 11.8. The predicted molar refractivity (Wildman–Crippen MR) is 193 cm³/mol. The monoisotopic (exact) mass is 676 g/mol. The van der Waals surface area contributed by atoms with Crippen LogP contribution in [0.4, 0.5) is 0 Å². The number of ether oxygens (including phenoxy) is 3. The highest BCUT2D eigenvalue weighted by molar-refractivity contribution is 5.95. The number of hydrogen-bond donors (Lipinski definition) is 0. The molecule has 0 saturated heterocycles. The second kappa shape index (κ2) is 16.2. The van der Waals surface area contributed by atoms with E-state index >= 15 is 0 Å². The molecule has 8 nitrogen and oxygen atoms in total. The molecular formula is C42H48N2O6. The first-order valence-electron chi connectivity index (χ1n) is 17.5. The van der Waals surface area contributed by atoms with E-state index in [0.717, 1.165) is 49.7 Å². The number of esters is 3. The summed E-state index contributed by atoms with van der Waals surface area (Å²) in [6.07, 6.45) is 25.6. The molecule has 3 aliphatic rings. The Morgan fingerprint density at radius 1 is 1.06 bits per heavy atom. The fourth-order valence-corrected chi connectivity index (χ4v) is 7.93. The van der Waals surface area contributed by atoms with Crippen molar-refractivity contribution in [2.24, 2.45) is 22.7 Å². The third-order valence-electron chi connectivity index (χ3n) is 10.6. The molecule has 0 radical (unpaired) electrons. The number of cyclic esters (lactones) is 1. The summed E-state index contributed by atoms with van der Waals surface area (Å²) in [5, 5.41) is 0. The minimum atomic E-state index is -0.715. The van der Waals surface area contributed by atoms with Gasteiger partial charge in [-0.25, -0.2) is 14.4 Å². The van der Waals surface area contributed by atoms with Gasteiger partial charge in [0.05, 0.1) is 16.7 Å². The normalized spacial score (nSPS) is 27.7. The number of rotatable bonds is 12. The number of nitrogens with zero attached hydrogens (tertiary/aromatic N) is 2. The van der Waals surface area contributed by atoms with Crippen LogP contribution in [0.2, 0.25) is 0 Å². The highest BCUT2D eigenvalue weighted by atomic mass is 16.6. The molecule has 8 heteroatoms. The predicted octanol–water partition coefficient (Wildman–Crippen LogP) is 8.86. The molecule has 0 unspecified atom stereocenters. The van der Waals surface area contributed by atoms with Crippen molar-refractivity contribution in [3.63, 3.8) is 0 Å². The van der Waals surface area contributed by atoms with E-state index < -0.39 is 23.5 Å². The number of carbonyl (C=O) groups excluding carboxylic acids is 3. The second-order valence-corrected chi connectivity index (χ2v) is 14.1. The van der Waals surface area contributed by atoms with Gasteiger partial charge in [0.2, 0.25) is 0 Å². The van der Waals surface area contributed by atoms with Gasteiger partial charge in [0.15, 0.2) is 0 Å². The van der Waals surface area contributed by atoms with Crippen molar-refractivity contribution >= 4 is 17.9 Å². The molecule has 0 aromatic carbocycles. The highest BCUT2D eigenvalue weighted by Gasteiger charge is 2.59. The maximum Gasteiger partial charge on any atom is 0.343 e. The molecule has 0 N–H and O–H groups in total. The van der Waals surface area contributed by atoms with E-state index in [0.29, 0.717) is 28.9 Å². The van der Waals surface area contributed by atoms with Gasteiger partial charge >= 0.3 is 17.9 Å². The average Bonchev–Trinajstić information content (AvgIpc) is 3.46. The quantitative estimate of drug-likeness (QED) is 0.0951. The maximum absolute atomic E-state index is 13.3. The van der Waals surface area contributed by atoms with Crippen LogP contribution in [0.15, 0.2) is 121 Å². The van der Waals surface area contributed by atoms with E-state index in [1.165, 1.54) is 12.4 Å². The van der Waals surface area contributed by atoms with Crippen molar-refractivity contribution in [3.05, 3.63) is 132 Å². The van der Waals surface area contributed by atoms with E-state index in [1.54, 1.807) is 42.7 Å². The zero-order valence-corrected chi connectivity index (χ0v) is 29.6. The summed E-state index contributed by atoms with van der Waals surface area (Å²) < 4.78 is 17.8. The molecule has 5 atom stereocenters. The lowest BCUT2D eigenvalue weighted by Crippen LogP contribution is -2.58. The highest BCUT2D eigenvalue weighted by Crippen LogP contribution is 2.62. The van der Waals surface area contributed by atoms with Gasteiger partial charge in [0.25, 0.3) is 0 Å². The summed E-state index contributed by atoms with van der Waals surface area (Å²) in [7, 11) is 0. The number of allylic oxidation sites excluding steroid dienone is 8. The molecule has 0 spiro atoms. The summed E-state index contributed by atoms with van der Waals surface area (Å²) in [4.78, 5) is 47.5. The Bertz CT molecular complexity index is 1720. The van der Waals surface area contributed by atoms with E-state index in [-0.39, 0.29) is 29.8 Å². The zero-order chi connectivity index (χ0) is 35.7. The molecule has 0 bridgehead atoms. The maximum atomic E-state index is 13.3. The van der Waals surface area contributed by atoms with Crippen molar-refractivity contribution in [2.75, 3.05) is 6.61 Å². The fourth-order valence-electron chi connectivity index (χ4n) is 7.93. The van der Waals surface area contributed by atoms with Crippen molar-refractivity contribution in [2.45, 2.75) is 78.7 Å². The lowest BCUT2D eigenvalue weighted by molar-refractivity contribution is -0.150. The Morgan fingerprint density at radius 3 is 2.46 bits per heavy atom. The number of pyridine rings is 2. The van der Waals surface area contributed by atoms with Crippen molar-refractivity contribution in [1.82, 2.24) is 9.97 Å². The molecule has 50 heavy (non-hydrogen) atoms. The standard InChI is InChI=1S/C42H48N2O6/c1-6-7-8-9-10-13-29(2)24-34-25-31(39(46)49-34)17-18-35-30(3)16-19-36-41(35,4)21-20-37(50-40(47)33-15-12-23-44-27-33)42(36,5)28-48-38(45)32-14-11-22-43-26-32/h6-7,11-15,17-18,22-27,35-37H,3,8-10,16,19-21,28H2,1-2,4-5H3/b7-6+,18-17+,29-13+,34-24+/t35-,36+,37-,41+,42+/m1/s1. The zero-order valence-electron chi connectivity index (χ0n) is 29.6. The van der Waals surface area contributed by atoms with Gasteiger partial charge in [-0.3, -0.25) is 9.97 Å². The Morgan fingerprint density at radius 2 is 1.78 bits per heavy atom. The summed E-state index contributed by atoms with van der Waals surface area (Å²) in [5.74, 6) is -0.850. The van der Waals surface area contributed by atoms with Crippen molar-refractivity contribution < 1.29 is 28.6 Å². The van der Waals surface area contributed by atoms with Crippen molar-refractivity contribution in [3.8, 4) is 0 Å². The fraction of sp³-hybridized carbons (Fsp3) is 0.405. The third kappa shape index (κ3) is 8.29. The molecule has 2 aliphatic carbocycles. The van der Waals surface area contributed by atoms with Gasteiger partial charge < -0.3 is 14.2 Å². The van der Waals surface area contributed by atoms with E-state index in [1.807, 2.05) is 26.0 Å². The van der Waals surface area contributed by atoms with Gasteiger partial charge in [0.1, 0.15) is 18.5 Å². The lowest BCUT2D eigenvalue weighted by Gasteiger charge is -2.59.